The van der Waals surface area contributed by atoms with Crippen molar-refractivity contribution in [2.45, 2.75) is 6.42 Å². The van der Waals surface area contributed by atoms with Crippen molar-refractivity contribution in [3.8, 4) is 0 Å². The van der Waals surface area contributed by atoms with Crippen LogP contribution in [0.2, 0.25) is 0 Å². The number of carbonyl (C=O) groups is 1. The molecule has 0 heterocycles. The first-order chi connectivity index (χ1) is 8.16. The minimum atomic E-state index is 0.0428. The van der Waals surface area contributed by atoms with Gasteiger partial charge in [0, 0.05) is 22.1 Å². The summed E-state index contributed by atoms with van der Waals surface area (Å²) in [6.45, 7) is 0. The van der Waals surface area contributed by atoms with Crippen molar-refractivity contribution < 1.29 is 4.79 Å². The molecule has 0 saturated heterocycles. The largest absolute Gasteiger partial charge is 0.398 e. The molecule has 17 heavy (non-hydrogen) atoms. The highest BCUT2D eigenvalue weighted by Crippen LogP contribution is 2.20. The van der Waals surface area contributed by atoms with Gasteiger partial charge >= 0.3 is 0 Å². The molecule has 2 N–H and O–H groups in total. The van der Waals surface area contributed by atoms with Gasteiger partial charge in [-0.1, -0.05) is 46.3 Å². The smallest absolute Gasteiger partial charge is 0.169 e. The third kappa shape index (κ3) is 2.94. The summed E-state index contributed by atoms with van der Waals surface area (Å²) in [4.78, 5) is 12.1. The highest BCUT2D eigenvalue weighted by Gasteiger charge is 2.10. The molecule has 0 bridgehead atoms. The predicted octanol–water partition coefficient (Wildman–Crippen LogP) is 3.46. The summed E-state index contributed by atoms with van der Waals surface area (Å²) >= 11 is 3.32. The van der Waals surface area contributed by atoms with E-state index in [1.807, 2.05) is 36.4 Å². The summed E-state index contributed by atoms with van der Waals surface area (Å²) < 4.78 is 0.881. The van der Waals surface area contributed by atoms with Crippen molar-refractivity contribution in [2.24, 2.45) is 0 Å². The summed E-state index contributed by atoms with van der Waals surface area (Å²) in [5.41, 5.74) is 7.92. The van der Waals surface area contributed by atoms with Crippen LogP contribution in [0.4, 0.5) is 5.69 Å². The second-order valence-electron chi connectivity index (χ2n) is 3.82. The third-order valence-corrected chi connectivity index (χ3v) is 3.01. The number of hydrogen-bond donors (Lipinski definition) is 1. The SMILES string of the molecule is Nc1cc(Br)ccc1C(=O)Cc1ccccc1. The molecular formula is C14H12BrNO. The standard InChI is InChI=1S/C14H12BrNO/c15-11-6-7-12(13(16)9-11)14(17)8-10-4-2-1-3-5-10/h1-7,9H,8,16H2. The zero-order valence-corrected chi connectivity index (χ0v) is 10.8. The van der Waals surface area contributed by atoms with Crippen molar-refractivity contribution >= 4 is 27.4 Å². The number of nitrogen functional groups attached to an aromatic ring is 1. The minimum Gasteiger partial charge on any atom is -0.398 e. The molecule has 0 fully saturated rings. The first-order valence-corrected chi connectivity index (χ1v) is 6.08. The Morgan fingerprint density at radius 2 is 1.82 bits per heavy atom. The number of anilines is 1. The van der Waals surface area contributed by atoms with Gasteiger partial charge in [-0.2, -0.15) is 0 Å². The molecule has 0 aliphatic carbocycles. The highest BCUT2D eigenvalue weighted by atomic mass is 79.9. The Morgan fingerprint density at radius 1 is 1.12 bits per heavy atom. The quantitative estimate of drug-likeness (QED) is 0.695. The number of benzene rings is 2. The molecule has 0 amide bonds. The van der Waals surface area contributed by atoms with Crippen LogP contribution in [0.1, 0.15) is 15.9 Å². The van der Waals surface area contributed by atoms with Crippen molar-refractivity contribution in [3.05, 3.63) is 64.1 Å². The average Bonchev–Trinajstić information content (AvgIpc) is 2.30. The molecule has 0 aliphatic rings. The molecule has 2 rings (SSSR count). The van der Waals surface area contributed by atoms with Crippen LogP contribution in [0.25, 0.3) is 0 Å². The van der Waals surface area contributed by atoms with Gasteiger partial charge in [-0.3, -0.25) is 4.79 Å². The zero-order valence-electron chi connectivity index (χ0n) is 9.19. The predicted molar refractivity (Wildman–Crippen MR) is 73.0 cm³/mol. The van der Waals surface area contributed by atoms with E-state index < -0.39 is 0 Å². The lowest BCUT2D eigenvalue weighted by Gasteiger charge is -2.05. The van der Waals surface area contributed by atoms with E-state index in [1.165, 1.54) is 0 Å². The van der Waals surface area contributed by atoms with Crippen LogP contribution in [-0.2, 0) is 6.42 Å². The second kappa shape index (κ2) is 5.15. The normalized spacial score (nSPS) is 10.2. The van der Waals surface area contributed by atoms with Gasteiger partial charge in [0.2, 0.25) is 0 Å². The first-order valence-electron chi connectivity index (χ1n) is 5.29. The molecule has 0 unspecified atom stereocenters. The number of halogens is 1. The van der Waals surface area contributed by atoms with Crippen molar-refractivity contribution in [1.82, 2.24) is 0 Å². The van der Waals surface area contributed by atoms with Crippen LogP contribution < -0.4 is 5.73 Å². The minimum absolute atomic E-state index is 0.0428. The van der Waals surface area contributed by atoms with Crippen LogP contribution in [-0.4, -0.2) is 5.78 Å². The van der Waals surface area contributed by atoms with Gasteiger partial charge in [-0.15, -0.1) is 0 Å². The maximum absolute atomic E-state index is 12.1. The molecular weight excluding hydrogens is 278 g/mol. The first kappa shape index (κ1) is 11.9. The summed E-state index contributed by atoms with van der Waals surface area (Å²) in [6.07, 6.45) is 0.382. The number of Topliss-reactive ketones (excluding diaryl/α,β-unsaturated/α-hetero) is 1. The van der Waals surface area contributed by atoms with E-state index in [0.717, 1.165) is 10.0 Å². The number of ketones is 1. The van der Waals surface area contributed by atoms with Gasteiger partial charge in [0.15, 0.2) is 5.78 Å². The average molecular weight is 290 g/mol. The van der Waals surface area contributed by atoms with Gasteiger partial charge < -0.3 is 5.73 Å². The summed E-state index contributed by atoms with van der Waals surface area (Å²) in [5.74, 6) is 0.0428. The lowest BCUT2D eigenvalue weighted by molar-refractivity contribution is 0.0994. The number of hydrogen-bond acceptors (Lipinski definition) is 2. The van der Waals surface area contributed by atoms with Crippen LogP contribution in [0.15, 0.2) is 53.0 Å². The molecule has 0 saturated carbocycles. The zero-order chi connectivity index (χ0) is 12.3. The van der Waals surface area contributed by atoms with Gasteiger partial charge in [-0.25, -0.2) is 0 Å². The van der Waals surface area contributed by atoms with E-state index in [2.05, 4.69) is 15.9 Å². The lowest BCUT2D eigenvalue weighted by atomic mass is 10.0. The van der Waals surface area contributed by atoms with E-state index >= 15 is 0 Å². The van der Waals surface area contributed by atoms with Crippen LogP contribution in [0.3, 0.4) is 0 Å². The molecule has 3 heteroatoms. The van der Waals surface area contributed by atoms with E-state index in [4.69, 9.17) is 5.73 Å². The maximum atomic E-state index is 12.1. The number of nitrogens with two attached hydrogens (primary N) is 1. The molecule has 2 aromatic rings. The Kier molecular flexibility index (Phi) is 3.59. The summed E-state index contributed by atoms with van der Waals surface area (Å²) in [7, 11) is 0. The van der Waals surface area contributed by atoms with Crippen LogP contribution >= 0.6 is 15.9 Å². The van der Waals surface area contributed by atoms with Gasteiger partial charge in [0.25, 0.3) is 0 Å². The summed E-state index contributed by atoms with van der Waals surface area (Å²) in [5, 5.41) is 0. The van der Waals surface area contributed by atoms with Crippen molar-refractivity contribution in [3.63, 3.8) is 0 Å². The van der Waals surface area contributed by atoms with Gasteiger partial charge in [0.1, 0.15) is 0 Å². The highest BCUT2D eigenvalue weighted by molar-refractivity contribution is 9.10. The molecule has 0 spiro atoms. The van der Waals surface area contributed by atoms with Crippen molar-refractivity contribution in [2.75, 3.05) is 5.73 Å². The molecule has 0 aliphatic heterocycles. The van der Waals surface area contributed by atoms with Crippen molar-refractivity contribution in [1.29, 1.82) is 0 Å². The molecule has 86 valence electrons. The Labute approximate surface area is 109 Å². The Bertz CT molecular complexity index is 537. The Balaban J connectivity index is 2.21. The molecule has 0 radical (unpaired) electrons. The fourth-order valence-electron chi connectivity index (χ4n) is 1.66. The van der Waals surface area contributed by atoms with E-state index in [9.17, 15) is 4.79 Å². The molecule has 0 aromatic heterocycles. The Hall–Kier alpha value is -1.61. The monoisotopic (exact) mass is 289 g/mol. The second-order valence-corrected chi connectivity index (χ2v) is 4.73. The fraction of sp³-hybridized carbons (Fsp3) is 0.0714. The fourth-order valence-corrected chi connectivity index (χ4v) is 2.04. The molecule has 0 atom stereocenters. The van der Waals surface area contributed by atoms with E-state index in [0.29, 0.717) is 17.7 Å². The third-order valence-electron chi connectivity index (χ3n) is 2.52. The summed E-state index contributed by atoms with van der Waals surface area (Å²) in [6, 6.07) is 15.0. The van der Waals surface area contributed by atoms with E-state index in [-0.39, 0.29) is 5.78 Å². The van der Waals surface area contributed by atoms with Crippen LogP contribution in [0, 0.1) is 0 Å². The number of rotatable bonds is 3. The Morgan fingerprint density at radius 3 is 2.47 bits per heavy atom. The molecule has 2 nitrogen and oxygen atoms in total. The lowest BCUT2D eigenvalue weighted by Crippen LogP contribution is -2.06. The molecule has 2 aromatic carbocycles. The number of carbonyl (C=O) groups excluding carboxylic acids is 1. The maximum Gasteiger partial charge on any atom is 0.169 e. The van der Waals surface area contributed by atoms with Gasteiger partial charge in [0.05, 0.1) is 0 Å². The van der Waals surface area contributed by atoms with Gasteiger partial charge in [-0.05, 0) is 23.8 Å². The van der Waals surface area contributed by atoms with Crippen LogP contribution in [0.5, 0.6) is 0 Å². The topological polar surface area (TPSA) is 43.1 Å². The van der Waals surface area contributed by atoms with E-state index in [1.54, 1.807) is 12.1 Å².